The summed E-state index contributed by atoms with van der Waals surface area (Å²) in [4.78, 5) is 12.0. The molecule has 22 heavy (non-hydrogen) atoms. The maximum Gasteiger partial charge on any atom is 0.226 e. The van der Waals surface area contributed by atoms with Crippen LogP contribution in [0.2, 0.25) is 0 Å². The van der Waals surface area contributed by atoms with Crippen molar-refractivity contribution >= 4 is 17.3 Å². The number of hydrogen-bond acceptors (Lipinski definition) is 2. The van der Waals surface area contributed by atoms with Gasteiger partial charge in [0.15, 0.2) is 0 Å². The molecule has 0 spiro atoms. The predicted molar refractivity (Wildman–Crippen MR) is 93.6 cm³/mol. The van der Waals surface area contributed by atoms with E-state index in [-0.39, 0.29) is 5.91 Å². The van der Waals surface area contributed by atoms with Crippen LogP contribution in [0.25, 0.3) is 0 Å². The number of amides is 1. The lowest BCUT2D eigenvalue weighted by atomic mass is 10.1. The molecule has 3 heteroatoms. The normalized spacial score (nSPS) is 10.4. The third kappa shape index (κ3) is 4.35. The number of benzene rings is 2. The van der Waals surface area contributed by atoms with Crippen molar-refractivity contribution in [3.05, 3.63) is 58.7 Å². The average Bonchev–Trinajstić information content (AvgIpc) is 2.45. The lowest BCUT2D eigenvalue weighted by Gasteiger charge is -2.11. The molecular formula is C19H24N2O. The van der Waals surface area contributed by atoms with Crippen LogP contribution in [0.5, 0.6) is 0 Å². The van der Waals surface area contributed by atoms with Gasteiger partial charge in [0.2, 0.25) is 5.91 Å². The highest BCUT2D eigenvalue weighted by atomic mass is 16.1. The first-order valence-corrected chi connectivity index (χ1v) is 7.64. The van der Waals surface area contributed by atoms with Crippen molar-refractivity contribution < 1.29 is 4.79 Å². The Balaban J connectivity index is 1.83. The molecule has 2 aromatic rings. The maximum absolute atomic E-state index is 12.0. The van der Waals surface area contributed by atoms with Crippen LogP contribution < -0.4 is 10.6 Å². The van der Waals surface area contributed by atoms with Crippen LogP contribution >= 0.6 is 0 Å². The minimum atomic E-state index is 0.0283. The molecule has 1 amide bonds. The van der Waals surface area contributed by atoms with Gasteiger partial charge in [-0.3, -0.25) is 4.79 Å². The van der Waals surface area contributed by atoms with Gasteiger partial charge in [-0.25, -0.2) is 0 Å². The van der Waals surface area contributed by atoms with Gasteiger partial charge in [0, 0.05) is 24.3 Å². The number of carbonyl (C=O) groups excluding carboxylic acids is 1. The summed E-state index contributed by atoms with van der Waals surface area (Å²) in [5.74, 6) is 0.0283. The van der Waals surface area contributed by atoms with Crippen LogP contribution in [0.3, 0.4) is 0 Å². The van der Waals surface area contributed by atoms with E-state index < -0.39 is 0 Å². The fourth-order valence-corrected chi connectivity index (χ4v) is 2.37. The number of nitrogens with one attached hydrogen (secondary N) is 2. The van der Waals surface area contributed by atoms with E-state index in [1.807, 2.05) is 25.1 Å². The van der Waals surface area contributed by atoms with Crippen LogP contribution in [0, 0.1) is 27.7 Å². The molecule has 0 atom stereocenters. The van der Waals surface area contributed by atoms with Gasteiger partial charge in [0.25, 0.3) is 0 Å². The second-order valence-corrected chi connectivity index (χ2v) is 5.84. The van der Waals surface area contributed by atoms with Gasteiger partial charge in [-0.1, -0.05) is 23.8 Å². The molecule has 0 saturated carbocycles. The Hall–Kier alpha value is -2.29. The Kier molecular flexibility index (Phi) is 5.21. The van der Waals surface area contributed by atoms with Crippen LogP contribution in [-0.4, -0.2) is 12.5 Å². The zero-order valence-electron chi connectivity index (χ0n) is 13.8. The second-order valence-electron chi connectivity index (χ2n) is 5.84. The van der Waals surface area contributed by atoms with Crippen molar-refractivity contribution in [1.29, 1.82) is 0 Å². The first-order chi connectivity index (χ1) is 10.5. The fourth-order valence-electron chi connectivity index (χ4n) is 2.37. The van der Waals surface area contributed by atoms with E-state index in [9.17, 15) is 4.79 Å². The SMILES string of the molecule is Cc1ccc(NCCC(=O)Nc2ccc(C)c(C)c2)c(C)c1. The molecule has 2 rings (SSSR count). The monoisotopic (exact) mass is 296 g/mol. The lowest BCUT2D eigenvalue weighted by molar-refractivity contribution is -0.115. The summed E-state index contributed by atoms with van der Waals surface area (Å²) in [7, 11) is 0. The van der Waals surface area contributed by atoms with E-state index in [1.165, 1.54) is 22.3 Å². The molecule has 2 N–H and O–H groups in total. The minimum Gasteiger partial charge on any atom is -0.384 e. The fraction of sp³-hybridized carbons (Fsp3) is 0.316. The molecule has 0 aliphatic heterocycles. The molecule has 0 heterocycles. The molecule has 0 aromatic heterocycles. The summed E-state index contributed by atoms with van der Waals surface area (Å²) >= 11 is 0. The number of carbonyl (C=O) groups is 1. The smallest absolute Gasteiger partial charge is 0.226 e. The molecule has 116 valence electrons. The third-order valence-corrected chi connectivity index (χ3v) is 3.84. The second kappa shape index (κ2) is 7.12. The Morgan fingerprint density at radius 1 is 0.909 bits per heavy atom. The Morgan fingerprint density at radius 2 is 1.68 bits per heavy atom. The van der Waals surface area contributed by atoms with Crippen molar-refractivity contribution in [1.82, 2.24) is 0 Å². The van der Waals surface area contributed by atoms with E-state index in [2.05, 4.69) is 49.6 Å². The van der Waals surface area contributed by atoms with E-state index in [4.69, 9.17) is 0 Å². The minimum absolute atomic E-state index is 0.0283. The van der Waals surface area contributed by atoms with E-state index in [1.54, 1.807) is 0 Å². The van der Waals surface area contributed by atoms with E-state index in [0.29, 0.717) is 13.0 Å². The summed E-state index contributed by atoms with van der Waals surface area (Å²) in [6.07, 6.45) is 0.445. The van der Waals surface area contributed by atoms with Gasteiger partial charge < -0.3 is 10.6 Å². The van der Waals surface area contributed by atoms with Crippen molar-refractivity contribution in [3.8, 4) is 0 Å². The van der Waals surface area contributed by atoms with Crippen LogP contribution in [0.4, 0.5) is 11.4 Å². The number of rotatable bonds is 5. The molecule has 0 bridgehead atoms. The van der Waals surface area contributed by atoms with Crippen LogP contribution in [-0.2, 0) is 4.79 Å². The standard InChI is InChI=1S/C19H24N2O/c1-13-5-8-18(16(4)11-13)20-10-9-19(22)21-17-7-6-14(2)15(3)12-17/h5-8,11-12,20H,9-10H2,1-4H3,(H,21,22). The molecule has 0 radical (unpaired) electrons. The Morgan fingerprint density at radius 3 is 2.36 bits per heavy atom. The highest BCUT2D eigenvalue weighted by Crippen LogP contribution is 2.16. The summed E-state index contributed by atoms with van der Waals surface area (Å²) in [6, 6.07) is 12.2. The molecule has 0 aliphatic rings. The van der Waals surface area contributed by atoms with Gasteiger partial charge in [0.05, 0.1) is 0 Å². The van der Waals surface area contributed by atoms with Crippen molar-refractivity contribution in [2.75, 3.05) is 17.2 Å². The molecule has 0 aliphatic carbocycles. The van der Waals surface area contributed by atoms with Gasteiger partial charge in [-0.05, 0) is 62.6 Å². The van der Waals surface area contributed by atoms with E-state index >= 15 is 0 Å². The highest BCUT2D eigenvalue weighted by Gasteiger charge is 2.04. The molecule has 2 aromatic carbocycles. The van der Waals surface area contributed by atoms with Gasteiger partial charge >= 0.3 is 0 Å². The first kappa shape index (κ1) is 16.1. The molecule has 0 unspecified atom stereocenters. The zero-order valence-corrected chi connectivity index (χ0v) is 13.8. The summed E-state index contributed by atoms with van der Waals surface area (Å²) in [6.45, 7) is 8.89. The average molecular weight is 296 g/mol. The molecule has 0 fully saturated rings. The number of anilines is 2. The topological polar surface area (TPSA) is 41.1 Å². The lowest BCUT2D eigenvalue weighted by Crippen LogP contribution is -2.16. The van der Waals surface area contributed by atoms with Crippen molar-refractivity contribution in [3.63, 3.8) is 0 Å². The summed E-state index contributed by atoms with van der Waals surface area (Å²) in [5.41, 5.74) is 6.81. The first-order valence-electron chi connectivity index (χ1n) is 7.64. The van der Waals surface area contributed by atoms with Crippen LogP contribution in [0.1, 0.15) is 28.7 Å². The maximum atomic E-state index is 12.0. The third-order valence-electron chi connectivity index (χ3n) is 3.84. The highest BCUT2D eigenvalue weighted by molar-refractivity contribution is 5.91. The van der Waals surface area contributed by atoms with Gasteiger partial charge in [-0.15, -0.1) is 0 Å². The molecular weight excluding hydrogens is 272 g/mol. The van der Waals surface area contributed by atoms with Crippen LogP contribution in [0.15, 0.2) is 36.4 Å². The molecule has 0 saturated heterocycles. The zero-order chi connectivity index (χ0) is 16.1. The summed E-state index contributed by atoms with van der Waals surface area (Å²) in [5, 5.41) is 6.26. The Labute approximate surface area is 132 Å². The summed E-state index contributed by atoms with van der Waals surface area (Å²) < 4.78 is 0. The number of aryl methyl sites for hydroxylation is 4. The quantitative estimate of drug-likeness (QED) is 0.860. The van der Waals surface area contributed by atoms with Gasteiger partial charge in [-0.2, -0.15) is 0 Å². The van der Waals surface area contributed by atoms with Gasteiger partial charge in [0.1, 0.15) is 0 Å². The van der Waals surface area contributed by atoms with Crippen molar-refractivity contribution in [2.45, 2.75) is 34.1 Å². The Bertz CT molecular complexity index is 677. The predicted octanol–water partition coefficient (Wildman–Crippen LogP) is 4.36. The number of hydrogen-bond donors (Lipinski definition) is 2. The largest absolute Gasteiger partial charge is 0.384 e. The van der Waals surface area contributed by atoms with Crippen molar-refractivity contribution in [2.24, 2.45) is 0 Å². The van der Waals surface area contributed by atoms with E-state index in [0.717, 1.165) is 11.4 Å². The molecule has 3 nitrogen and oxygen atoms in total.